The number of fused-ring (bicyclic) bond motifs is 1. The van der Waals surface area contributed by atoms with Crippen LogP contribution in [0.4, 0.5) is 10.5 Å². The van der Waals surface area contributed by atoms with E-state index < -0.39 is 35.3 Å². The van der Waals surface area contributed by atoms with Gasteiger partial charge in [0.2, 0.25) is 11.8 Å². The fourth-order valence-corrected chi connectivity index (χ4v) is 4.36. The average Bonchev–Trinajstić information content (AvgIpc) is 3.09. The summed E-state index contributed by atoms with van der Waals surface area (Å²) in [5, 5.41) is 2.19. The Morgan fingerprint density at radius 1 is 1.00 bits per heavy atom. The number of carbonyl (C=O) groups is 5. The molecule has 3 aliphatic heterocycles. The Labute approximate surface area is 210 Å². The van der Waals surface area contributed by atoms with Crippen molar-refractivity contribution in [1.82, 2.24) is 15.1 Å². The van der Waals surface area contributed by atoms with Crippen molar-refractivity contribution in [3.8, 4) is 5.75 Å². The lowest BCUT2D eigenvalue weighted by Gasteiger charge is -2.37. The molecule has 1 aromatic rings. The molecule has 4 rings (SSSR count). The van der Waals surface area contributed by atoms with Gasteiger partial charge >= 0.3 is 6.09 Å². The lowest BCUT2D eigenvalue weighted by Crippen LogP contribution is -2.54. The molecule has 2 saturated heterocycles. The molecule has 11 nitrogen and oxygen atoms in total. The fraction of sp³-hybridized carbons (Fsp3) is 0.560. The first kappa shape index (κ1) is 27.0. The number of nitrogens with one attached hydrogen (secondary N) is 1. The van der Waals surface area contributed by atoms with Crippen molar-refractivity contribution in [2.45, 2.75) is 59.1 Å². The Hall–Kier alpha value is -3.63. The minimum absolute atomic E-state index is 0.0497. The highest BCUT2D eigenvalue weighted by Crippen LogP contribution is 2.37. The van der Waals surface area contributed by atoms with E-state index in [4.69, 9.17) is 9.47 Å². The summed E-state index contributed by atoms with van der Waals surface area (Å²) in [6.45, 7) is 11.3. The van der Waals surface area contributed by atoms with Crippen LogP contribution >= 0.6 is 0 Å². The first-order chi connectivity index (χ1) is 17.0. The van der Waals surface area contributed by atoms with Crippen LogP contribution < -0.4 is 15.0 Å². The zero-order valence-corrected chi connectivity index (χ0v) is 21.7. The second-order valence-electron chi connectivity index (χ2n) is 9.47. The number of piperazine rings is 1. The Kier molecular flexibility index (Phi) is 7.90. The van der Waals surface area contributed by atoms with Gasteiger partial charge in [-0.1, -0.05) is 13.8 Å². The molecule has 5 amide bonds. The molecule has 0 radical (unpaired) electrons. The molecule has 196 valence electrons. The predicted octanol–water partition coefficient (Wildman–Crippen LogP) is 2.18. The number of anilines is 1. The van der Waals surface area contributed by atoms with Gasteiger partial charge in [0.1, 0.15) is 17.4 Å². The maximum atomic E-state index is 13.2. The van der Waals surface area contributed by atoms with E-state index in [1.807, 2.05) is 39.5 Å². The number of rotatable bonds is 3. The lowest BCUT2D eigenvalue weighted by molar-refractivity contribution is -0.136. The smallest absolute Gasteiger partial charge is 0.410 e. The van der Waals surface area contributed by atoms with E-state index in [0.717, 1.165) is 4.90 Å². The molecule has 0 bridgehead atoms. The molecule has 1 unspecified atom stereocenters. The lowest BCUT2D eigenvalue weighted by atomic mass is 10.0. The van der Waals surface area contributed by atoms with Crippen LogP contribution in [0, 0.1) is 0 Å². The number of piperidine rings is 1. The fourth-order valence-electron chi connectivity index (χ4n) is 4.36. The minimum Gasteiger partial charge on any atom is -0.496 e. The summed E-state index contributed by atoms with van der Waals surface area (Å²) in [4.78, 5) is 67.0. The standard InChI is InChI=1S/C23H28N4O7.C2H6/c1-23(2,3)34-22(32)26-9-7-25(8-10-26)13-11-14-18(16(12-13)33-4)21(31)27(20(14)30)15-5-6-17(28)24-19(15)29;1-2/h11-12,15H,5-10H2,1-4H3,(H,24,28,29);1-2H3. The molecule has 0 aromatic heterocycles. The van der Waals surface area contributed by atoms with E-state index in [2.05, 4.69) is 5.32 Å². The Morgan fingerprint density at radius 3 is 2.19 bits per heavy atom. The zero-order chi connectivity index (χ0) is 26.8. The molecular weight excluding hydrogens is 468 g/mol. The van der Waals surface area contributed by atoms with Gasteiger partial charge in [-0.05, 0) is 33.3 Å². The van der Waals surface area contributed by atoms with Crippen molar-refractivity contribution in [3.63, 3.8) is 0 Å². The zero-order valence-electron chi connectivity index (χ0n) is 21.7. The molecule has 1 aromatic carbocycles. The third kappa shape index (κ3) is 5.29. The summed E-state index contributed by atoms with van der Waals surface area (Å²) in [6, 6.07) is 2.25. The van der Waals surface area contributed by atoms with Crippen molar-refractivity contribution >= 4 is 35.4 Å². The number of hydrogen-bond donors (Lipinski definition) is 1. The summed E-state index contributed by atoms with van der Waals surface area (Å²) >= 11 is 0. The molecule has 0 spiro atoms. The highest BCUT2D eigenvalue weighted by Gasteiger charge is 2.46. The number of methoxy groups -OCH3 is 1. The number of carbonyl (C=O) groups excluding carboxylic acids is 5. The van der Waals surface area contributed by atoms with Gasteiger partial charge in [0.15, 0.2) is 0 Å². The number of imide groups is 2. The van der Waals surface area contributed by atoms with Crippen LogP contribution in [0.25, 0.3) is 0 Å². The van der Waals surface area contributed by atoms with E-state index in [9.17, 15) is 24.0 Å². The van der Waals surface area contributed by atoms with E-state index >= 15 is 0 Å². The Bertz CT molecular complexity index is 1070. The summed E-state index contributed by atoms with van der Waals surface area (Å²) in [6.07, 6.45) is -0.245. The second kappa shape index (κ2) is 10.5. The van der Waals surface area contributed by atoms with Gasteiger partial charge in [-0.25, -0.2) is 4.79 Å². The third-order valence-electron chi connectivity index (χ3n) is 6.01. The summed E-state index contributed by atoms with van der Waals surface area (Å²) in [5.41, 5.74) is 0.348. The quantitative estimate of drug-likeness (QED) is 0.624. The van der Waals surface area contributed by atoms with Gasteiger partial charge in [-0.3, -0.25) is 29.4 Å². The molecule has 0 aliphatic carbocycles. The molecular formula is C25H34N4O7. The van der Waals surface area contributed by atoms with Gasteiger partial charge in [0, 0.05) is 44.4 Å². The average molecular weight is 503 g/mol. The molecule has 3 heterocycles. The maximum absolute atomic E-state index is 13.2. The minimum atomic E-state index is -1.05. The first-order valence-electron chi connectivity index (χ1n) is 12.2. The number of benzene rings is 1. The van der Waals surface area contributed by atoms with Crippen LogP contribution in [-0.4, -0.2) is 84.5 Å². The van der Waals surface area contributed by atoms with Crippen molar-refractivity contribution in [1.29, 1.82) is 0 Å². The molecule has 36 heavy (non-hydrogen) atoms. The first-order valence-corrected chi connectivity index (χ1v) is 12.2. The largest absolute Gasteiger partial charge is 0.496 e. The van der Waals surface area contributed by atoms with E-state index in [0.29, 0.717) is 31.9 Å². The van der Waals surface area contributed by atoms with Crippen molar-refractivity contribution in [2.75, 3.05) is 38.2 Å². The molecule has 11 heteroatoms. The van der Waals surface area contributed by atoms with E-state index in [-0.39, 0.29) is 35.8 Å². The molecule has 1 atom stereocenters. The molecule has 2 fully saturated rings. The number of amides is 5. The summed E-state index contributed by atoms with van der Waals surface area (Å²) in [5.74, 6) is -2.07. The van der Waals surface area contributed by atoms with Crippen LogP contribution in [0.5, 0.6) is 5.75 Å². The molecule has 0 saturated carbocycles. The van der Waals surface area contributed by atoms with Gasteiger partial charge in [-0.15, -0.1) is 0 Å². The van der Waals surface area contributed by atoms with Crippen LogP contribution in [0.15, 0.2) is 12.1 Å². The number of hydrogen-bond acceptors (Lipinski definition) is 8. The summed E-state index contributed by atoms with van der Waals surface area (Å²) in [7, 11) is 1.41. The highest BCUT2D eigenvalue weighted by atomic mass is 16.6. The van der Waals surface area contributed by atoms with Gasteiger partial charge in [0.25, 0.3) is 11.8 Å². The van der Waals surface area contributed by atoms with Crippen LogP contribution in [-0.2, 0) is 14.3 Å². The van der Waals surface area contributed by atoms with Crippen LogP contribution in [0.1, 0.15) is 68.2 Å². The summed E-state index contributed by atoms with van der Waals surface area (Å²) < 4.78 is 10.9. The van der Waals surface area contributed by atoms with Crippen LogP contribution in [0.3, 0.4) is 0 Å². The topological polar surface area (TPSA) is 126 Å². The Morgan fingerprint density at radius 2 is 1.64 bits per heavy atom. The molecule has 3 aliphatic rings. The normalized spacial score (nSPS) is 19.9. The predicted molar refractivity (Wildman–Crippen MR) is 131 cm³/mol. The van der Waals surface area contributed by atoms with Crippen molar-refractivity contribution in [2.24, 2.45) is 0 Å². The van der Waals surface area contributed by atoms with Gasteiger partial charge in [0.05, 0.1) is 18.2 Å². The van der Waals surface area contributed by atoms with Gasteiger partial charge in [-0.2, -0.15) is 0 Å². The maximum Gasteiger partial charge on any atom is 0.410 e. The monoisotopic (exact) mass is 502 g/mol. The van der Waals surface area contributed by atoms with E-state index in [1.54, 1.807) is 17.0 Å². The third-order valence-corrected chi connectivity index (χ3v) is 6.01. The van der Waals surface area contributed by atoms with Crippen molar-refractivity contribution in [3.05, 3.63) is 23.3 Å². The molecule has 1 N–H and O–H groups in total. The van der Waals surface area contributed by atoms with Gasteiger partial charge < -0.3 is 19.3 Å². The van der Waals surface area contributed by atoms with Crippen LogP contribution in [0.2, 0.25) is 0 Å². The SMILES string of the molecule is CC.COc1cc(N2CCN(C(=O)OC(C)(C)C)CC2)cc2c1C(=O)N(C1CCC(=O)NC1=O)C2=O. The Balaban J connectivity index is 0.00000176. The van der Waals surface area contributed by atoms with E-state index in [1.165, 1.54) is 7.11 Å². The number of nitrogens with zero attached hydrogens (tertiary/aromatic N) is 3. The van der Waals surface area contributed by atoms with Crippen molar-refractivity contribution < 1.29 is 33.4 Å². The number of ether oxygens (including phenoxy) is 2. The highest BCUT2D eigenvalue weighted by molar-refractivity contribution is 6.25. The second-order valence-corrected chi connectivity index (χ2v) is 9.47.